The number of rotatable bonds is 4. The number of nitrogens with zero attached hydrogens (tertiary/aromatic N) is 1. The summed E-state index contributed by atoms with van der Waals surface area (Å²) >= 11 is 0. The van der Waals surface area contributed by atoms with Gasteiger partial charge in [-0.25, -0.2) is 0 Å². The Morgan fingerprint density at radius 1 is 1.00 bits per heavy atom. The summed E-state index contributed by atoms with van der Waals surface area (Å²) in [5, 5.41) is 3.46. The van der Waals surface area contributed by atoms with Crippen LogP contribution in [0.4, 0.5) is 0 Å². The highest BCUT2D eigenvalue weighted by Gasteiger charge is 2.31. The van der Waals surface area contributed by atoms with E-state index in [-0.39, 0.29) is 24.1 Å². The van der Waals surface area contributed by atoms with Gasteiger partial charge in [-0.2, -0.15) is 0 Å². The summed E-state index contributed by atoms with van der Waals surface area (Å²) in [6, 6.07) is 6.09. The number of hydrogen-bond donors (Lipinski definition) is 1. The first kappa shape index (κ1) is 19.4. The number of halogens is 1. The second kappa shape index (κ2) is 8.53. The maximum atomic E-state index is 12.6. The van der Waals surface area contributed by atoms with Crippen LogP contribution in [0, 0.1) is 11.8 Å². The van der Waals surface area contributed by atoms with Crippen LogP contribution in [0.25, 0.3) is 0 Å². The number of likely N-dealkylation sites (tertiary alicyclic amines) is 1. The van der Waals surface area contributed by atoms with Crippen molar-refractivity contribution in [1.82, 2.24) is 10.2 Å². The summed E-state index contributed by atoms with van der Waals surface area (Å²) in [6.45, 7) is 3.91. The molecule has 0 aromatic heterocycles. The molecule has 2 saturated heterocycles. The third-order valence-electron chi connectivity index (χ3n) is 6.36. The number of aryl methyl sites for hydroxylation is 2. The summed E-state index contributed by atoms with van der Waals surface area (Å²) in [5.41, 5.74) is 3.49. The van der Waals surface area contributed by atoms with Crippen molar-refractivity contribution in [2.75, 3.05) is 26.2 Å². The van der Waals surface area contributed by atoms with Gasteiger partial charge in [-0.15, -0.1) is 12.4 Å². The molecule has 0 bridgehead atoms. The molecular weight excluding hydrogens is 348 g/mol. The van der Waals surface area contributed by atoms with Gasteiger partial charge in [0.25, 0.3) is 0 Å². The lowest BCUT2D eigenvalue weighted by Gasteiger charge is -2.20. The van der Waals surface area contributed by atoms with Crippen molar-refractivity contribution in [2.45, 2.75) is 44.9 Å². The van der Waals surface area contributed by atoms with Crippen LogP contribution >= 0.6 is 12.4 Å². The van der Waals surface area contributed by atoms with Crippen molar-refractivity contribution in [3.63, 3.8) is 0 Å². The van der Waals surface area contributed by atoms with Crippen LogP contribution in [0.3, 0.4) is 0 Å². The lowest BCUT2D eigenvalue weighted by Crippen LogP contribution is -2.32. The van der Waals surface area contributed by atoms with Crippen LogP contribution in [0.2, 0.25) is 0 Å². The van der Waals surface area contributed by atoms with E-state index in [0.717, 1.165) is 69.3 Å². The fourth-order valence-electron chi connectivity index (χ4n) is 4.74. The van der Waals surface area contributed by atoms with Gasteiger partial charge in [0.15, 0.2) is 5.78 Å². The number of hydrogen-bond acceptors (Lipinski definition) is 3. The number of amides is 1. The molecule has 1 aromatic rings. The Bertz CT molecular complexity index is 662. The van der Waals surface area contributed by atoms with Crippen molar-refractivity contribution < 1.29 is 9.59 Å². The molecule has 26 heavy (non-hydrogen) atoms. The van der Waals surface area contributed by atoms with Gasteiger partial charge >= 0.3 is 0 Å². The van der Waals surface area contributed by atoms with E-state index in [2.05, 4.69) is 17.4 Å². The highest BCUT2D eigenvalue weighted by atomic mass is 35.5. The van der Waals surface area contributed by atoms with Gasteiger partial charge < -0.3 is 10.2 Å². The minimum absolute atomic E-state index is 0. The Hall–Kier alpha value is -1.39. The van der Waals surface area contributed by atoms with Crippen molar-refractivity contribution in [3.05, 3.63) is 34.9 Å². The fourth-order valence-corrected chi connectivity index (χ4v) is 4.74. The first-order chi connectivity index (χ1) is 12.2. The third-order valence-corrected chi connectivity index (χ3v) is 6.36. The molecular formula is C21H29ClN2O2. The average Bonchev–Trinajstić information content (AvgIpc) is 3.24. The lowest BCUT2D eigenvalue weighted by atomic mass is 9.92. The van der Waals surface area contributed by atoms with Crippen LogP contribution in [-0.2, 0) is 17.6 Å². The van der Waals surface area contributed by atoms with Crippen molar-refractivity contribution >= 4 is 24.1 Å². The molecule has 0 radical (unpaired) electrons. The van der Waals surface area contributed by atoms with E-state index in [4.69, 9.17) is 0 Å². The summed E-state index contributed by atoms with van der Waals surface area (Å²) in [4.78, 5) is 27.0. The largest absolute Gasteiger partial charge is 0.343 e. The molecule has 2 atom stereocenters. The zero-order valence-electron chi connectivity index (χ0n) is 15.3. The molecule has 2 heterocycles. The van der Waals surface area contributed by atoms with Gasteiger partial charge in [-0.3, -0.25) is 9.59 Å². The zero-order chi connectivity index (χ0) is 17.2. The van der Waals surface area contributed by atoms with Gasteiger partial charge in [0.2, 0.25) is 5.91 Å². The number of carbonyl (C=O) groups excluding carboxylic acids is 2. The molecule has 0 unspecified atom stereocenters. The SMILES string of the molecule is Cl.O=C(CCC(=O)N1CC[C@@H]2CNC[C@@H]2CC1)c1ccc2c(c1)CCC2. The molecule has 1 aliphatic carbocycles. The Morgan fingerprint density at radius 2 is 1.69 bits per heavy atom. The quantitative estimate of drug-likeness (QED) is 0.822. The van der Waals surface area contributed by atoms with Crippen molar-refractivity contribution in [2.24, 2.45) is 11.8 Å². The number of benzene rings is 1. The van der Waals surface area contributed by atoms with Crippen molar-refractivity contribution in [1.29, 1.82) is 0 Å². The monoisotopic (exact) mass is 376 g/mol. The number of nitrogens with one attached hydrogen (secondary N) is 1. The highest BCUT2D eigenvalue weighted by Crippen LogP contribution is 2.27. The standard InChI is InChI=1S/C21H28N2O2.ClH/c24-20(17-5-4-15-2-1-3-16(15)12-17)6-7-21(25)23-10-8-18-13-22-14-19(18)9-11-23;/h4-5,12,18-19,22H,1-3,6-11,13-14H2;1H/t18-,19+;. The average molecular weight is 377 g/mol. The molecule has 3 aliphatic rings. The first-order valence-electron chi connectivity index (χ1n) is 9.84. The fraction of sp³-hybridized carbons (Fsp3) is 0.619. The normalized spacial score (nSPS) is 24.4. The topological polar surface area (TPSA) is 49.4 Å². The van der Waals surface area contributed by atoms with Gasteiger partial charge in [0.1, 0.15) is 0 Å². The summed E-state index contributed by atoms with van der Waals surface area (Å²) < 4.78 is 0. The molecule has 2 fully saturated rings. The second-order valence-corrected chi connectivity index (χ2v) is 7.90. The smallest absolute Gasteiger partial charge is 0.223 e. The van der Waals surface area contributed by atoms with Gasteiger partial charge in [0.05, 0.1) is 0 Å². The molecule has 142 valence electrons. The molecule has 1 aromatic carbocycles. The Balaban J connectivity index is 0.00000196. The zero-order valence-corrected chi connectivity index (χ0v) is 16.2. The predicted octanol–water partition coefficient (Wildman–Crippen LogP) is 3.02. The summed E-state index contributed by atoms with van der Waals surface area (Å²) in [5.74, 6) is 1.72. The number of ketones is 1. The van der Waals surface area contributed by atoms with E-state index in [9.17, 15) is 9.59 Å². The van der Waals surface area contributed by atoms with Crippen LogP contribution in [0.1, 0.15) is 53.6 Å². The number of Topliss-reactive ketones (excluding diaryl/α,β-unsaturated/α-hetero) is 1. The molecule has 1 amide bonds. The van der Waals surface area contributed by atoms with E-state index in [0.29, 0.717) is 12.8 Å². The maximum Gasteiger partial charge on any atom is 0.223 e. The lowest BCUT2D eigenvalue weighted by molar-refractivity contribution is -0.131. The predicted molar refractivity (Wildman–Crippen MR) is 105 cm³/mol. The van der Waals surface area contributed by atoms with E-state index < -0.39 is 0 Å². The molecule has 2 aliphatic heterocycles. The molecule has 0 spiro atoms. The van der Waals surface area contributed by atoms with Gasteiger partial charge in [-0.05, 0) is 74.2 Å². The summed E-state index contributed by atoms with van der Waals surface area (Å²) in [7, 11) is 0. The molecule has 5 heteroatoms. The van der Waals surface area contributed by atoms with Crippen LogP contribution in [-0.4, -0.2) is 42.8 Å². The second-order valence-electron chi connectivity index (χ2n) is 7.90. The third kappa shape index (κ3) is 4.12. The van der Waals surface area contributed by atoms with E-state index in [1.807, 2.05) is 11.0 Å². The van der Waals surface area contributed by atoms with E-state index >= 15 is 0 Å². The van der Waals surface area contributed by atoms with Crippen LogP contribution in [0.5, 0.6) is 0 Å². The van der Waals surface area contributed by atoms with Crippen molar-refractivity contribution in [3.8, 4) is 0 Å². The maximum absolute atomic E-state index is 12.6. The Morgan fingerprint density at radius 3 is 2.42 bits per heavy atom. The Kier molecular flexibility index (Phi) is 6.36. The minimum Gasteiger partial charge on any atom is -0.343 e. The first-order valence-corrected chi connectivity index (χ1v) is 9.84. The van der Waals surface area contributed by atoms with E-state index in [1.54, 1.807) is 0 Å². The number of fused-ring (bicyclic) bond motifs is 2. The van der Waals surface area contributed by atoms with Crippen LogP contribution < -0.4 is 5.32 Å². The Labute approximate surface area is 162 Å². The highest BCUT2D eigenvalue weighted by molar-refractivity contribution is 5.98. The molecule has 4 rings (SSSR count). The van der Waals surface area contributed by atoms with Crippen LogP contribution in [0.15, 0.2) is 18.2 Å². The molecule has 4 nitrogen and oxygen atoms in total. The van der Waals surface area contributed by atoms with E-state index in [1.165, 1.54) is 17.5 Å². The summed E-state index contributed by atoms with van der Waals surface area (Å²) in [6.07, 6.45) is 6.30. The molecule has 1 N–H and O–H groups in total. The van der Waals surface area contributed by atoms with Gasteiger partial charge in [-0.1, -0.05) is 12.1 Å². The minimum atomic E-state index is 0. The number of carbonyl (C=O) groups is 2. The van der Waals surface area contributed by atoms with Gasteiger partial charge in [0, 0.05) is 31.5 Å². The molecule has 0 saturated carbocycles.